The number of pyridine rings is 1. The van der Waals surface area contributed by atoms with Gasteiger partial charge in [-0.05, 0) is 33.8 Å². The van der Waals surface area contributed by atoms with E-state index in [1.54, 1.807) is 39.8 Å². The van der Waals surface area contributed by atoms with Gasteiger partial charge < -0.3 is 9.47 Å². The number of hydrogen-bond donors (Lipinski definition) is 0. The third kappa shape index (κ3) is 5.07. The molecule has 0 fully saturated rings. The number of carbonyl (C=O) groups is 2. The summed E-state index contributed by atoms with van der Waals surface area (Å²) in [7, 11) is 0. The van der Waals surface area contributed by atoms with Gasteiger partial charge in [0.05, 0.1) is 0 Å². The van der Waals surface area contributed by atoms with Gasteiger partial charge >= 0.3 is 11.9 Å². The number of aromatic nitrogens is 1. The Morgan fingerprint density at radius 1 is 1.26 bits per heavy atom. The van der Waals surface area contributed by atoms with Crippen LogP contribution in [0.25, 0.3) is 0 Å². The first-order chi connectivity index (χ1) is 8.69. The third-order valence-corrected chi connectivity index (χ3v) is 2.21. The zero-order valence-corrected chi connectivity index (χ0v) is 11.9. The van der Waals surface area contributed by atoms with Crippen molar-refractivity contribution in [2.45, 2.75) is 46.3 Å². The van der Waals surface area contributed by atoms with E-state index in [0.29, 0.717) is 0 Å². The van der Waals surface area contributed by atoms with Crippen LogP contribution in [0.3, 0.4) is 0 Å². The highest BCUT2D eigenvalue weighted by atomic mass is 16.6. The quantitative estimate of drug-likeness (QED) is 0.786. The third-order valence-electron chi connectivity index (χ3n) is 2.21. The van der Waals surface area contributed by atoms with E-state index in [4.69, 9.17) is 9.47 Å². The van der Waals surface area contributed by atoms with E-state index in [0.717, 1.165) is 5.56 Å². The molecule has 1 aromatic heterocycles. The van der Waals surface area contributed by atoms with Crippen molar-refractivity contribution in [3.05, 3.63) is 29.6 Å². The lowest BCUT2D eigenvalue weighted by Crippen LogP contribution is -2.24. The molecule has 0 aliphatic carbocycles. The standard InChI is InChI=1S/C14H19NO4/c1-9(18-10(2)16)11-6-7-12(15-8-11)13(17)19-14(3,4)5/h6-9H,1-5H3. The van der Waals surface area contributed by atoms with Crippen LogP contribution in [-0.4, -0.2) is 22.5 Å². The second-order valence-electron chi connectivity index (χ2n) is 5.23. The van der Waals surface area contributed by atoms with Gasteiger partial charge in [-0.25, -0.2) is 9.78 Å². The van der Waals surface area contributed by atoms with Crippen molar-refractivity contribution in [3.63, 3.8) is 0 Å². The van der Waals surface area contributed by atoms with Crippen LogP contribution < -0.4 is 0 Å². The van der Waals surface area contributed by atoms with Gasteiger partial charge in [-0.15, -0.1) is 0 Å². The fraction of sp³-hybridized carbons (Fsp3) is 0.500. The van der Waals surface area contributed by atoms with Crippen molar-refractivity contribution in [1.82, 2.24) is 4.98 Å². The van der Waals surface area contributed by atoms with Crippen LogP contribution in [0.2, 0.25) is 0 Å². The normalized spacial score (nSPS) is 12.7. The highest BCUT2D eigenvalue weighted by molar-refractivity contribution is 5.87. The maximum Gasteiger partial charge on any atom is 0.357 e. The van der Waals surface area contributed by atoms with Crippen molar-refractivity contribution < 1.29 is 19.1 Å². The number of ether oxygens (including phenoxy) is 2. The number of esters is 2. The van der Waals surface area contributed by atoms with E-state index in [1.807, 2.05) is 0 Å². The van der Waals surface area contributed by atoms with Crippen LogP contribution in [-0.2, 0) is 14.3 Å². The molecule has 1 heterocycles. The first-order valence-electron chi connectivity index (χ1n) is 6.05. The number of rotatable bonds is 3. The lowest BCUT2D eigenvalue weighted by Gasteiger charge is -2.19. The summed E-state index contributed by atoms with van der Waals surface area (Å²) in [6.07, 6.45) is 1.12. The van der Waals surface area contributed by atoms with E-state index in [2.05, 4.69) is 4.98 Å². The minimum atomic E-state index is -0.553. The molecule has 1 atom stereocenters. The van der Waals surface area contributed by atoms with Gasteiger partial charge in [0, 0.05) is 18.7 Å². The predicted octanol–water partition coefficient (Wildman–Crippen LogP) is 2.66. The molecule has 0 bridgehead atoms. The fourth-order valence-corrected chi connectivity index (χ4v) is 1.41. The average molecular weight is 265 g/mol. The second kappa shape index (κ2) is 5.82. The Bertz CT molecular complexity index is 459. The Morgan fingerprint density at radius 2 is 1.89 bits per heavy atom. The molecular formula is C14H19NO4. The topological polar surface area (TPSA) is 65.5 Å². The van der Waals surface area contributed by atoms with Gasteiger partial charge in [0.1, 0.15) is 17.4 Å². The van der Waals surface area contributed by atoms with Crippen molar-refractivity contribution in [2.75, 3.05) is 0 Å². The molecule has 0 N–H and O–H groups in total. The molecule has 0 radical (unpaired) electrons. The Labute approximate surface area is 112 Å². The van der Waals surface area contributed by atoms with Crippen molar-refractivity contribution >= 4 is 11.9 Å². The van der Waals surface area contributed by atoms with E-state index in [-0.39, 0.29) is 11.7 Å². The number of hydrogen-bond acceptors (Lipinski definition) is 5. The zero-order chi connectivity index (χ0) is 14.6. The van der Waals surface area contributed by atoms with Gasteiger partial charge in [0.15, 0.2) is 0 Å². The number of carbonyl (C=O) groups excluding carboxylic acids is 2. The SMILES string of the molecule is CC(=O)OC(C)c1ccc(C(=O)OC(C)(C)C)nc1. The summed E-state index contributed by atoms with van der Waals surface area (Å²) in [5.74, 6) is -0.831. The molecule has 0 aliphatic rings. The highest BCUT2D eigenvalue weighted by Crippen LogP contribution is 2.17. The van der Waals surface area contributed by atoms with Crippen molar-refractivity contribution in [2.24, 2.45) is 0 Å². The van der Waals surface area contributed by atoms with Crippen LogP contribution >= 0.6 is 0 Å². The summed E-state index contributed by atoms with van der Waals surface area (Å²) in [4.78, 5) is 26.6. The zero-order valence-electron chi connectivity index (χ0n) is 11.9. The molecule has 0 amide bonds. The molecule has 1 aromatic rings. The van der Waals surface area contributed by atoms with E-state index < -0.39 is 17.7 Å². The molecule has 5 nitrogen and oxygen atoms in total. The van der Waals surface area contributed by atoms with Crippen LogP contribution in [0.4, 0.5) is 0 Å². The van der Waals surface area contributed by atoms with Crippen LogP contribution in [0.15, 0.2) is 18.3 Å². The minimum Gasteiger partial charge on any atom is -0.458 e. The molecule has 1 rings (SSSR count). The van der Waals surface area contributed by atoms with Gasteiger partial charge in [-0.3, -0.25) is 4.79 Å². The van der Waals surface area contributed by atoms with Crippen molar-refractivity contribution in [3.8, 4) is 0 Å². The predicted molar refractivity (Wildman–Crippen MR) is 69.6 cm³/mol. The molecule has 0 aromatic carbocycles. The maximum absolute atomic E-state index is 11.7. The van der Waals surface area contributed by atoms with Gasteiger partial charge in [0.2, 0.25) is 0 Å². The largest absolute Gasteiger partial charge is 0.458 e. The summed E-state index contributed by atoms with van der Waals surface area (Å²) in [5.41, 5.74) is 0.402. The highest BCUT2D eigenvalue weighted by Gasteiger charge is 2.19. The Balaban J connectivity index is 2.76. The second-order valence-corrected chi connectivity index (χ2v) is 5.23. The monoisotopic (exact) mass is 265 g/mol. The summed E-state index contributed by atoms with van der Waals surface area (Å²) in [5, 5.41) is 0. The van der Waals surface area contributed by atoms with Crippen LogP contribution in [0, 0.1) is 0 Å². The first kappa shape index (κ1) is 15.1. The van der Waals surface area contributed by atoms with Crippen LogP contribution in [0.5, 0.6) is 0 Å². The minimum absolute atomic E-state index is 0.230. The van der Waals surface area contributed by atoms with Gasteiger partial charge in [-0.2, -0.15) is 0 Å². The Hall–Kier alpha value is -1.91. The van der Waals surface area contributed by atoms with E-state index in [9.17, 15) is 9.59 Å². The lowest BCUT2D eigenvalue weighted by molar-refractivity contribution is -0.145. The maximum atomic E-state index is 11.7. The lowest BCUT2D eigenvalue weighted by atomic mass is 10.1. The fourth-order valence-electron chi connectivity index (χ4n) is 1.41. The summed E-state index contributed by atoms with van der Waals surface area (Å²) in [6, 6.07) is 3.25. The molecule has 19 heavy (non-hydrogen) atoms. The number of nitrogens with zero attached hydrogens (tertiary/aromatic N) is 1. The Morgan fingerprint density at radius 3 is 2.32 bits per heavy atom. The van der Waals surface area contributed by atoms with Gasteiger partial charge in [0.25, 0.3) is 0 Å². The molecule has 0 aliphatic heterocycles. The smallest absolute Gasteiger partial charge is 0.357 e. The molecule has 0 spiro atoms. The molecule has 1 unspecified atom stereocenters. The van der Waals surface area contributed by atoms with E-state index >= 15 is 0 Å². The molecule has 0 saturated heterocycles. The van der Waals surface area contributed by atoms with Crippen LogP contribution in [0.1, 0.15) is 56.8 Å². The van der Waals surface area contributed by atoms with E-state index in [1.165, 1.54) is 13.1 Å². The summed E-state index contributed by atoms with van der Waals surface area (Å²) < 4.78 is 10.2. The summed E-state index contributed by atoms with van der Waals surface area (Å²) in [6.45, 7) is 8.47. The molecule has 104 valence electrons. The molecular weight excluding hydrogens is 246 g/mol. The van der Waals surface area contributed by atoms with Crippen molar-refractivity contribution in [1.29, 1.82) is 0 Å². The average Bonchev–Trinajstić information content (AvgIpc) is 2.26. The molecule has 5 heteroatoms. The summed E-state index contributed by atoms with van der Waals surface area (Å²) >= 11 is 0. The molecule has 0 saturated carbocycles. The Kier molecular flexibility index (Phi) is 4.64. The first-order valence-corrected chi connectivity index (χ1v) is 6.05. The van der Waals surface area contributed by atoms with Gasteiger partial charge in [-0.1, -0.05) is 6.07 Å².